The van der Waals surface area contributed by atoms with Crippen LogP contribution in [0.25, 0.3) is 0 Å². The largest absolute Gasteiger partial charge is 0.394 e. The summed E-state index contributed by atoms with van der Waals surface area (Å²) in [5.41, 5.74) is 2.42. The minimum atomic E-state index is -0.0533. The first-order chi connectivity index (χ1) is 6.85. The molecule has 0 spiro atoms. The van der Waals surface area contributed by atoms with Gasteiger partial charge in [0.05, 0.1) is 12.6 Å². The summed E-state index contributed by atoms with van der Waals surface area (Å²) < 4.78 is 0. The van der Waals surface area contributed by atoms with Crippen molar-refractivity contribution in [3.63, 3.8) is 0 Å². The van der Waals surface area contributed by atoms with Crippen molar-refractivity contribution in [1.82, 2.24) is 4.90 Å². The van der Waals surface area contributed by atoms with Crippen LogP contribution in [-0.4, -0.2) is 29.1 Å². The quantitative estimate of drug-likeness (QED) is 0.694. The normalized spacial score (nSPS) is 20.4. The summed E-state index contributed by atoms with van der Waals surface area (Å²) in [5, 5.41) is 9.12. The van der Waals surface area contributed by atoms with Gasteiger partial charge in [0.1, 0.15) is 0 Å². The molecule has 3 nitrogen and oxygen atoms in total. The van der Waals surface area contributed by atoms with E-state index in [1.54, 1.807) is 4.90 Å². The van der Waals surface area contributed by atoms with Crippen molar-refractivity contribution < 1.29 is 9.90 Å². The molecule has 1 aliphatic heterocycles. The highest BCUT2D eigenvalue weighted by Crippen LogP contribution is 2.21. The molecule has 14 heavy (non-hydrogen) atoms. The second-order valence-electron chi connectivity index (χ2n) is 3.59. The van der Waals surface area contributed by atoms with E-state index >= 15 is 0 Å². The van der Waals surface area contributed by atoms with E-state index in [1.807, 2.05) is 18.2 Å². The van der Waals surface area contributed by atoms with E-state index in [4.69, 9.17) is 5.11 Å². The summed E-state index contributed by atoms with van der Waals surface area (Å²) in [7, 11) is 0. The molecule has 1 heterocycles. The van der Waals surface area contributed by atoms with Crippen molar-refractivity contribution in [3.05, 3.63) is 35.4 Å². The van der Waals surface area contributed by atoms with Gasteiger partial charge in [0.25, 0.3) is 0 Å². The molecular weight excluding hydrogens is 178 g/mol. The molecule has 2 rings (SSSR count). The number of carbonyl (C=O) groups excluding carboxylic acids is 1. The molecule has 0 bridgehead atoms. The molecular formula is C11H13NO2. The lowest BCUT2D eigenvalue weighted by molar-refractivity contribution is -0.122. The second-order valence-corrected chi connectivity index (χ2v) is 3.59. The number of nitrogens with zero attached hydrogens (tertiary/aromatic N) is 1. The third-order valence-electron chi connectivity index (χ3n) is 2.74. The first-order valence-electron chi connectivity index (χ1n) is 4.74. The molecule has 0 radical (unpaired) electrons. The Morgan fingerprint density at radius 2 is 2.14 bits per heavy atom. The predicted molar refractivity (Wildman–Crippen MR) is 52.6 cm³/mol. The average molecular weight is 191 g/mol. The number of rotatable bonds is 2. The fraction of sp³-hybridized carbons (Fsp3) is 0.364. The van der Waals surface area contributed by atoms with Crippen LogP contribution in [0.4, 0.5) is 0 Å². The third kappa shape index (κ3) is 1.51. The lowest BCUT2D eigenvalue weighted by Gasteiger charge is -2.32. The highest BCUT2D eigenvalue weighted by molar-refractivity contribution is 5.50. The van der Waals surface area contributed by atoms with Gasteiger partial charge in [-0.3, -0.25) is 4.79 Å². The molecule has 0 fully saturated rings. The van der Waals surface area contributed by atoms with E-state index in [0.29, 0.717) is 6.54 Å². The summed E-state index contributed by atoms with van der Waals surface area (Å²) in [6.07, 6.45) is 1.57. The Morgan fingerprint density at radius 1 is 1.43 bits per heavy atom. The monoisotopic (exact) mass is 191 g/mol. The summed E-state index contributed by atoms with van der Waals surface area (Å²) in [5.74, 6) is 0. The molecule has 1 aromatic carbocycles. The number of hydrogen-bond acceptors (Lipinski definition) is 2. The van der Waals surface area contributed by atoms with E-state index in [1.165, 1.54) is 11.1 Å². The lowest BCUT2D eigenvalue weighted by atomic mass is 9.95. The number of fused-ring (bicyclic) bond motifs is 1. The summed E-state index contributed by atoms with van der Waals surface area (Å²) in [6.45, 7) is 0.651. The van der Waals surface area contributed by atoms with Crippen LogP contribution in [0.5, 0.6) is 0 Å². The highest BCUT2D eigenvalue weighted by Gasteiger charge is 2.23. The van der Waals surface area contributed by atoms with Crippen molar-refractivity contribution >= 4 is 6.41 Å². The summed E-state index contributed by atoms with van der Waals surface area (Å²) >= 11 is 0. The van der Waals surface area contributed by atoms with Gasteiger partial charge in [-0.1, -0.05) is 24.3 Å². The molecule has 0 aliphatic carbocycles. The number of aliphatic hydroxyl groups is 1. The minimum absolute atomic E-state index is 0.0348. The Labute approximate surface area is 83.0 Å². The van der Waals surface area contributed by atoms with Gasteiger partial charge >= 0.3 is 0 Å². The molecule has 74 valence electrons. The van der Waals surface area contributed by atoms with Crippen LogP contribution < -0.4 is 0 Å². The van der Waals surface area contributed by atoms with Gasteiger partial charge in [0.15, 0.2) is 0 Å². The number of hydrogen-bond donors (Lipinski definition) is 1. The predicted octanol–water partition coefficient (Wildman–Crippen LogP) is 0.562. The summed E-state index contributed by atoms with van der Waals surface area (Å²) in [4.78, 5) is 12.4. The van der Waals surface area contributed by atoms with E-state index < -0.39 is 0 Å². The molecule has 0 aromatic heterocycles. The van der Waals surface area contributed by atoms with Gasteiger partial charge in [-0.15, -0.1) is 0 Å². The molecule has 1 N–H and O–H groups in total. The van der Waals surface area contributed by atoms with Gasteiger partial charge in [-0.05, 0) is 17.5 Å². The maximum absolute atomic E-state index is 10.8. The fourth-order valence-corrected chi connectivity index (χ4v) is 1.90. The maximum Gasteiger partial charge on any atom is 0.210 e. The van der Waals surface area contributed by atoms with Crippen LogP contribution >= 0.6 is 0 Å². The third-order valence-corrected chi connectivity index (χ3v) is 2.74. The summed E-state index contributed by atoms with van der Waals surface area (Å²) in [6, 6.07) is 7.99. The molecule has 3 heteroatoms. The smallest absolute Gasteiger partial charge is 0.210 e. The maximum atomic E-state index is 10.8. The first kappa shape index (κ1) is 9.21. The number of amides is 1. The molecule has 1 atom stereocenters. The molecule has 0 saturated heterocycles. The van der Waals surface area contributed by atoms with Crippen LogP contribution in [0.1, 0.15) is 11.1 Å². The standard InChI is InChI=1S/C11H13NO2/c13-7-11-5-9-3-1-2-4-10(9)6-12(11)8-14/h1-4,8,11,13H,5-7H2/t11-/m0/s1. The van der Waals surface area contributed by atoms with Crippen molar-refractivity contribution in [2.24, 2.45) is 0 Å². The average Bonchev–Trinajstić information content (AvgIpc) is 2.27. The molecule has 1 aliphatic rings. The Hall–Kier alpha value is -1.35. The zero-order valence-electron chi connectivity index (χ0n) is 7.89. The van der Waals surface area contributed by atoms with E-state index in [-0.39, 0.29) is 12.6 Å². The van der Waals surface area contributed by atoms with Crippen molar-refractivity contribution in [2.75, 3.05) is 6.61 Å². The van der Waals surface area contributed by atoms with Crippen LogP contribution in [0.2, 0.25) is 0 Å². The number of benzene rings is 1. The Bertz CT molecular complexity index is 338. The van der Waals surface area contributed by atoms with Gasteiger partial charge in [-0.25, -0.2) is 0 Å². The van der Waals surface area contributed by atoms with Gasteiger partial charge in [0, 0.05) is 6.54 Å². The fourth-order valence-electron chi connectivity index (χ4n) is 1.90. The van der Waals surface area contributed by atoms with Crippen molar-refractivity contribution in [3.8, 4) is 0 Å². The topological polar surface area (TPSA) is 40.5 Å². The molecule has 1 aromatic rings. The van der Waals surface area contributed by atoms with Crippen molar-refractivity contribution in [2.45, 2.75) is 19.0 Å². The van der Waals surface area contributed by atoms with E-state index in [2.05, 4.69) is 6.07 Å². The van der Waals surface area contributed by atoms with Crippen molar-refractivity contribution in [1.29, 1.82) is 0 Å². The Kier molecular flexibility index (Phi) is 2.50. The van der Waals surface area contributed by atoms with Crippen LogP contribution in [-0.2, 0) is 17.8 Å². The molecule has 0 unspecified atom stereocenters. The Morgan fingerprint density at radius 3 is 2.79 bits per heavy atom. The Balaban J connectivity index is 2.29. The minimum Gasteiger partial charge on any atom is -0.394 e. The lowest BCUT2D eigenvalue weighted by Crippen LogP contribution is -2.41. The molecule has 1 amide bonds. The SMILES string of the molecule is O=CN1Cc2ccccc2C[C@H]1CO. The molecule has 0 saturated carbocycles. The first-order valence-corrected chi connectivity index (χ1v) is 4.74. The second kappa shape index (κ2) is 3.80. The van der Waals surface area contributed by atoms with Crippen LogP contribution in [0.3, 0.4) is 0 Å². The zero-order valence-corrected chi connectivity index (χ0v) is 7.89. The van der Waals surface area contributed by atoms with Gasteiger partial charge < -0.3 is 10.0 Å². The highest BCUT2D eigenvalue weighted by atomic mass is 16.3. The van der Waals surface area contributed by atoms with Crippen LogP contribution in [0, 0.1) is 0 Å². The number of carbonyl (C=O) groups is 1. The number of aliphatic hydroxyl groups excluding tert-OH is 1. The zero-order chi connectivity index (χ0) is 9.97. The van der Waals surface area contributed by atoms with E-state index in [9.17, 15) is 4.79 Å². The van der Waals surface area contributed by atoms with Gasteiger partial charge in [0.2, 0.25) is 6.41 Å². The van der Waals surface area contributed by atoms with Gasteiger partial charge in [-0.2, -0.15) is 0 Å². The van der Waals surface area contributed by atoms with E-state index in [0.717, 1.165) is 12.8 Å². The van der Waals surface area contributed by atoms with Crippen LogP contribution in [0.15, 0.2) is 24.3 Å².